The fraction of sp³-hybridized carbons (Fsp3) is 0.245. The van der Waals surface area contributed by atoms with E-state index in [1.807, 2.05) is 24.3 Å². The van der Waals surface area contributed by atoms with E-state index in [0.29, 0.717) is 28.5 Å². The fourth-order valence-corrected chi connectivity index (χ4v) is 11.6. The fourth-order valence-electron chi connectivity index (χ4n) is 11.6. The van der Waals surface area contributed by atoms with E-state index in [-0.39, 0.29) is 5.41 Å². The van der Waals surface area contributed by atoms with Crippen molar-refractivity contribution >= 4 is 0 Å². The van der Waals surface area contributed by atoms with Crippen molar-refractivity contribution in [3.8, 4) is 73.6 Å². The molecule has 0 spiro atoms. The summed E-state index contributed by atoms with van der Waals surface area (Å²) in [6.45, 7) is 4.63. The second-order valence-corrected chi connectivity index (χ2v) is 17.8. The Hall–Kier alpha value is -6.18. The highest BCUT2D eigenvalue weighted by Gasteiger charge is 2.51. The Morgan fingerprint density at radius 1 is 0.474 bits per heavy atom. The van der Waals surface area contributed by atoms with Gasteiger partial charge in [0.1, 0.15) is 0 Å². The molecule has 0 N–H and O–H groups in total. The quantitative estimate of drug-likeness (QED) is 0.171. The molecule has 0 amide bonds. The molecule has 57 heavy (non-hydrogen) atoms. The standard InChI is InChI=1S/C53H44N4/c1-52(2)47-14-7-6-13-44(47)45-22-18-41(28-48(45)52)51-56-49(38-15-19-42(20-16-38)53-29-34-23-35(30-53)25-36(24-34)31-53)55-50(57-51)40-17-21-43(39-12-8-9-33(26-39)32-54)46(27-40)37-10-4-3-5-11-37/h3-22,26-28,34-36H,23-25,29-31H2,1-2H3/t34-,35-,36-,53?. The summed E-state index contributed by atoms with van der Waals surface area (Å²) in [7, 11) is 0. The number of hydrogen-bond donors (Lipinski definition) is 0. The zero-order valence-corrected chi connectivity index (χ0v) is 32.5. The second kappa shape index (κ2) is 12.9. The first-order valence-corrected chi connectivity index (χ1v) is 20.7. The summed E-state index contributed by atoms with van der Waals surface area (Å²) in [5, 5.41) is 9.71. The van der Waals surface area contributed by atoms with E-state index in [1.165, 1.54) is 66.3 Å². The van der Waals surface area contributed by atoms with Gasteiger partial charge in [-0.25, -0.2) is 15.0 Å². The molecule has 0 unspecified atom stereocenters. The largest absolute Gasteiger partial charge is 0.208 e. The molecule has 0 atom stereocenters. The minimum atomic E-state index is -0.142. The van der Waals surface area contributed by atoms with Crippen molar-refractivity contribution in [3.63, 3.8) is 0 Å². The summed E-state index contributed by atoms with van der Waals surface area (Å²) < 4.78 is 0. The molecular formula is C53H44N4. The second-order valence-electron chi connectivity index (χ2n) is 17.8. The first-order chi connectivity index (χ1) is 27.8. The molecular weight excluding hydrogens is 693 g/mol. The normalized spacial score (nSPS) is 22.2. The molecule has 4 fully saturated rings. The molecule has 4 nitrogen and oxygen atoms in total. The molecule has 4 bridgehead atoms. The zero-order chi connectivity index (χ0) is 38.3. The minimum absolute atomic E-state index is 0.142. The summed E-state index contributed by atoms with van der Waals surface area (Å²) in [6.07, 6.45) is 8.36. The highest BCUT2D eigenvalue weighted by atomic mass is 15.0. The van der Waals surface area contributed by atoms with E-state index < -0.39 is 0 Å². The van der Waals surface area contributed by atoms with E-state index in [0.717, 1.165) is 56.7 Å². The van der Waals surface area contributed by atoms with Gasteiger partial charge in [0.15, 0.2) is 17.5 Å². The van der Waals surface area contributed by atoms with Crippen LogP contribution in [0.4, 0.5) is 0 Å². The zero-order valence-electron chi connectivity index (χ0n) is 32.5. The lowest BCUT2D eigenvalue weighted by Crippen LogP contribution is -2.48. The van der Waals surface area contributed by atoms with Gasteiger partial charge in [0, 0.05) is 22.1 Å². The number of benzene rings is 6. The molecule has 0 aliphatic heterocycles. The molecule has 4 saturated carbocycles. The summed E-state index contributed by atoms with van der Waals surface area (Å²) in [5.41, 5.74) is 14.7. The van der Waals surface area contributed by atoms with Crippen LogP contribution >= 0.6 is 0 Å². The highest BCUT2D eigenvalue weighted by molar-refractivity contribution is 5.87. The number of hydrogen-bond acceptors (Lipinski definition) is 4. The Labute approximate surface area is 335 Å². The molecule has 276 valence electrons. The SMILES string of the molecule is CC1(C)c2ccccc2-c2ccc(-c3nc(-c4ccc(C56C[C@H]7C[C@H](C5)C[C@@H](C6)C7)cc4)nc(-c4ccc(-c5cccc(C#N)c5)c(-c5ccccc5)c4)n3)cc21. The van der Waals surface area contributed by atoms with Crippen LogP contribution in [0.2, 0.25) is 0 Å². The first-order valence-electron chi connectivity index (χ1n) is 20.7. The maximum Gasteiger partial charge on any atom is 0.164 e. The number of nitrogens with zero attached hydrogens (tertiary/aromatic N) is 4. The van der Waals surface area contributed by atoms with Crippen LogP contribution in [-0.2, 0) is 10.8 Å². The molecule has 5 aliphatic carbocycles. The van der Waals surface area contributed by atoms with Crippen molar-refractivity contribution in [2.45, 2.75) is 63.2 Å². The lowest BCUT2D eigenvalue weighted by atomic mass is 9.48. The van der Waals surface area contributed by atoms with E-state index >= 15 is 0 Å². The van der Waals surface area contributed by atoms with Gasteiger partial charge >= 0.3 is 0 Å². The molecule has 6 aromatic carbocycles. The van der Waals surface area contributed by atoms with Gasteiger partial charge in [-0.15, -0.1) is 0 Å². The summed E-state index contributed by atoms with van der Waals surface area (Å²) >= 11 is 0. The molecule has 7 aromatic rings. The Kier molecular flexibility index (Phi) is 7.74. The highest BCUT2D eigenvalue weighted by Crippen LogP contribution is 2.61. The van der Waals surface area contributed by atoms with Crippen LogP contribution in [0.15, 0.2) is 140 Å². The first kappa shape index (κ1) is 34.1. The third-order valence-electron chi connectivity index (χ3n) is 13.9. The van der Waals surface area contributed by atoms with Crippen molar-refractivity contribution in [3.05, 3.63) is 162 Å². The third kappa shape index (κ3) is 5.66. The molecule has 12 rings (SSSR count). The average Bonchev–Trinajstić information content (AvgIpc) is 3.48. The van der Waals surface area contributed by atoms with Crippen LogP contribution in [-0.4, -0.2) is 15.0 Å². The van der Waals surface area contributed by atoms with Crippen molar-refractivity contribution in [1.82, 2.24) is 15.0 Å². The monoisotopic (exact) mass is 736 g/mol. The van der Waals surface area contributed by atoms with E-state index in [1.54, 1.807) is 0 Å². The third-order valence-corrected chi connectivity index (χ3v) is 13.9. The van der Waals surface area contributed by atoms with Crippen molar-refractivity contribution in [1.29, 1.82) is 5.26 Å². The summed E-state index contributed by atoms with van der Waals surface area (Å²) in [4.78, 5) is 15.8. The average molecular weight is 737 g/mol. The minimum Gasteiger partial charge on any atom is -0.208 e. The van der Waals surface area contributed by atoms with Crippen LogP contribution in [0.1, 0.15) is 74.6 Å². The van der Waals surface area contributed by atoms with Gasteiger partial charge in [0.2, 0.25) is 0 Å². The van der Waals surface area contributed by atoms with Crippen molar-refractivity contribution in [2.75, 3.05) is 0 Å². The lowest BCUT2D eigenvalue weighted by Gasteiger charge is -2.57. The topological polar surface area (TPSA) is 62.5 Å². The maximum atomic E-state index is 9.71. The Bertz CT molecular complexity index is 2720. The van der Waals surface area contributed by atoms with Crippen molar-refractivity contribution < 1.29 is 0 Å². The number of aromatic nitrogens is 3. The molecule has 1 heterocycles. The molecule has 4 heteroatoms. The van der Waals surface area contributed by atoms with E-state index in [2.05, 4.69) is 135 Å². The molecule has 5 aliphatic rings. The molecule has 0 saturated heterocycles. The molecule has 1 aromatic heterocycles. The Morgan fingerprint density at radius 2 is 1.04 bits per heavy atom. The number of rotatable bonds is 6. The van der Waals surface area contributed by atoms with Gasteiger partial charge in [0.25, 0.3) is 0 Å². The smallest absolute Gasteiger partial charge is 0.164 e. The van der Waals surface area contributed by atoms with Gasteiger partial charge in [0.05, 0.1) is 11.6 Å². The summed E-state index contributed by atoms with van der Waals surface area (Å²) in [6, 6.07) is 51.8. The van der Waals surface area contributed by atoms with Crippen LogP contribution in [0, 0.1) is 29.1 Å². The number of nitriles is 1. The van der Waals surface area contributed by atoms with Gasteiger partial charge in [-0.1, -0.05) is 129 Å². The lowest BCUT2D eigenvalue weighted by molar-refractivity contribution is -0.00518. The Morgan fingerprint density at radius 3 is 1.72 bits per heavy atom. The van der Waals surface area contributed by atoms with Crippen LogP contribution in [0.3, 0.4) is 0 Å². The van der Waals surface area contributed by atoms with Gasteiger partial charge in [-0.2, -0.15) is 5.26 Å². The van der Waals surface area contributed by atoms with E-state index in [9.17, 15) is 5.26 Å². The van der Waals surface area contributed by atoms with Gasteiger partial charge < -0.3 is 0 Å². The Balaban J connectivity index is 1.05. The molecule has 0 radical (unpaired) electrons. The van der Waals surface area contributed by atoms with Crippen LogP contribution in [0.25, 0.3) is 67.5 Å². The maximum absolute atomic E-state index is 9.71. The predicted molar refractivity (Wildman–Crippen MR) is 229 cm³/mol. The van der Waals surface area contributed by atoms with Crippen LogP contribution < -0.4 is 0 Å². The van der Waals surface area contributed by atoms with E-state index in [4.69, 9.17) is 15.0 Å². The predicted octanol–water partition coefficient (Wildman–Crippen LogP) is 12.9. The number of fused-ring (bicyclic) bond motifs is 3. The van der Waals surface area contributed by atoms with Gasteiger partial charge in [-0.05, 0) is 136 Å². The van der Waals surface area contributed by atoms with Crippen molar-refractivity contribution in [2.24, 2.45) is 17.8 Å². The summed E-state index contributed by atoms with van der Waals surface area (Å²) in [5.74, 6) is 4.69. The van der Waals surface area contributed by atoms with Crippen LogP contribution in [0.5, 0.6) is 0 Å². The van der Waals surface area contributed by atoms with Gasteiger partial charge in [-0.3, -0.25) is 0 Å².